The van der Waals surface area contributed by atoms with Gasteiger partial charge in [-0.05, 0) is 118 Å². The van der Waals surface area contributed by atoms with Crippen LogP contribution in [0.25, 0.3) is 129 Å². The Morgan fingerprint density at radius 3 is 1.43 bits per heavy atom. The molecule has 0 aliphatic carbocycles. The Bertz CT molecular complexity index is 3810. The number of benzene rings is 11. The molecule has 13 rings (SSSR count). The van der Waals surface area contributed by atoms with Gasteiger partial charge in [0.1, 0.15) is 5.58 Å². The van der Waals surface area contributed by atoms with Crippen molar-refractivity contribution < 1.29 is 4.42 Å². The van der Waals surface area contributed by atoms with E-state index in [1.165, 1.54) is 118 Å². The summed E-state index contributed by atoms with van der Waals surface area (Å²) in [4.78, 5) is 0. The summed E-state index contributed by atoms with van der Waals surface area (Å²) in [5, 5.41) is 17.5. The third-order valence-electron chi connectivity index (χ3n) is 12.4. The van der Waals surface area contributed by atoms with Gasteiger partial charge in [0.15, 0.2) is 5.58 Å². The third kappa shape index (κ3) is 4.58. The molecule has 0 aliphatic heterocycles. The summed E-state index contributed by atoms with van der Waals surface area (Å²) in [6.45, 7) is 0. The van der Waals surface area contributed by atoms with E-state index in [9.17, 15) is 0 Å². The first-order valence-corrected chi connectivity index (χ1v) is 20.7. The van der Waals surface area contributed by atoms with E-state index in [2.05, 4.69) is 188 Å². The van der Waals surface area contributed by atoms with Crippen LogP contribution in [0, 0.1) is 0 Å². The lowest BCUT2D eigenvalue weighted by Gasteiger charge is -2.18. The van der Waals surface area contributed by atoms with Crippen LogP contribution >= 0.6 is 11.3 Å². The smallest absolute Gasteiger partial charge is 0.153 e. The van der Waals surface area contributed by atoms with Gasteiger partial charge in [0.25, 0.3) is 0 Å². The lowest BCUT2D eigenvalue weighted by Crippen LogP contribution is -1.91. The van der Waals surface area contributed by atoms with Crippen molar-refractivity contribution in [1.82, 2.24) is 0 Å². The van der Waals surface area contributed by atoms with Gasteiger partial charge in [-0.3, -0.25) is 0 Å². The van der Waals surface area contributed by atoms with Crippen LogP contribution in [0.2, 0.25) is 0 Å². The summed E-state index contributed by atoms with van der Waals surface area (Å²) in [7, 11) is 0. The molecule has 0 amide bonds. The maximum absolute atomic E-state index is 6.51. The van der Waals surface area contributed by atoms with Crippen molar-refractivity contribution in [2.75, 3.05) is 0 Å². The first kappa shape index (κ1) is 31.9. The molecule has 0 unspecified atom stereocenters. The summed E-state index contributed by atoms with van der Waals surface area (Å²) in [6.07, 6.45) is 0. The molecule has 13 aromatic rings. The minimum Gasteiger partial charge on any atom is -0.455 e. The van der Waals surface area contributed by atoms with Crippen molar-refractivity contribution >= 4 is 107 Å². The predicted molar refractivity (Wildman–Crippen MR) is 250 cm³/mol. The Morgan fingerprint density at radius 2 is 0.759 bits per heavy atom. The largest absolute Gasteiger partial charge is 0.455 e. The van der Waals surface area contributed by atoms with Gasteiger partial charge in [-0.1, -0.05) is 158 Å². The predicted octanol–water partition coefficient (Wildman–Crippen LogP) is 16.7. The highest BCUT2D eigenvalue weighted by Crippen LogP contribution is 2.48. The molecular formula is C56H32OS. The third-order valence-corrected chi connectivity index (χ3v) is 13.7. The van der Waals surface area contributed by atoms with E-state index in [1.54, 1.807) is 0 Å². The summed E-state index contributed by atoms with van der Waals surface area (Å²) >= 11 is 1.85. The minimum absolute atomic E-state index is 0.937. The lowest BCUT2D eigenvalue weighted by molar-refractivity contribution is 0.673. The summed E-state index contributed by atoms with van der Waals surface area (Å²) < 4.78 is 9.02. The van der Waals surface area contributed by atoms with Crippen LogP contribution in [0.3, 0.4) is 0 Å². The van der Waals surface area contributed by atoms with E-state index in [-0.39, 0.29) is 0 Å². The van der Waals surface area contributed by atoms with Crippen LogP contribution in [-0.4, -0.2) is 0 Å². The molecule has 2 heteroatoms. The van der Waals surface area contributed by atoms with Gasteiger partial charge in [-0.25, -0.2) is 0 Å². The Kier molecular flexibility index (Phi) is 6.66. The average Bonchev–Trinajstić information content (AvgIpc) is 3.86. The zero-order chi connectivity index (χ0) is 37.9. The molecule has 58 heavy (non-hydrogen) atoms. The Hall–Kier alpha value is -7.26. The van der Waals surface area contributed by atoms with Crippen LogP contribution in [0.4, 0.5) is 0 Å². The minimum atomic E-state index is 0.937. The zero-order valence-electron chi connectivity index (χ0n) is 31.3. The van der Waals surface area contributed by atoms with E-state index in [4.69, 9.17) is 4.42 Å². The highest BCUT2D eigenvalue weighted by Gasteiger charge is 2.20. The maximum Gasteiger partial charge on any atom is 0.153 e. The normalized spacial score (nSPS) is 12.1. The van der Waals surface area contributed by atoms with E-state index < -0.39 is 0 Å². The Labute approximate surface area is 337 Å². The fraction of sp³-hybridized carbons (Fsp3) is 0. The fourth-order valence-corrected chi connectivity index (χ4v) is 11.0. The van der Waals surface area contributed by atoms with E-state index in [0.29, 0.717) is 0 Å². The Balaban J connectivity index is 0.982. The molecule has 0 saturated heterocycles. The van der Waals surface area contributed by atoms with Crippen molar-refractivity contribution in [1.29, 1.82) is 0 Å². The number of hydrogen-bond acceptors (Lipinski definition) is 2. The highest BCUT2D eigenvalue weighted by atomic mass is 32.1. The molecule has 0 bridgehead atoms. The van der Waals surface area contributed by atoms with Crippen molar-refractivity contribution in [2.24, 2.45) is 0 Å². The van der Waals surface area contributed by atoms with Crippen LogP contribution in [-0.2, 0) is 0 Å². The topological polar surface area (TPSA) is 13.1 Å². The second-order valence-electron chi connectivity index (χ2n) is 15.5. The first-order valence-electron chi connectivity index (χ1n) is 19.9. The van der Waals surface area contributed by atoms with Crippen LogP contribution in [0.1, 0.15) is 0 Å². The molecule has 2 heterocycles. The second-order valence-corrected chi connectivity index (χ2v) is 16.6. The first-order chi connectivity index (χ1) is 28.7. The maximum atomic E-state index is 6.51. The molecule has 1 nitrogen and oxygen atoms in total. The molecule has 2 aromatic heterocycles. The number of thiophene rings is 1. The Morgan fingerprint density at radius 1 is 0.293 bits per heavy atom. The van der Waals surface area contributed by atoms with Gasteiger partial charge >= 0.3 is 0 Å². The molecule has 268 valence electrons. The average molecular weight is 753 g/mol. The van der Waals surface area contributed by atoms with Gasteiger partial charge < -0.3 is 4.42 Å². The second kappa shape index (κ2) is 12.1. The van der Waals surface area contributed by atoms with Gasteiger partial charge in [0, 0.05) is 31.6 Å². The highest BCUT2D eigenvalue weighted by molar-refractivity contribution is 7.27. The van der Waals surface area contributed by atoms with Crippen molar-refractivity contribution in [3.63, 3.8) is 0 Å². The van der Waals surface area contributed by atoms with Crippen molar-refractivity contribution in [3.8, 4) is 33.4 Å². The number of fused-ring (bicyclic) bond motifs is 13. The van der Waals surface area contributed by atoms with E-state index in [0.717, 1.165) is 11.2 Å². The standard InChI is InChI=1S/C56H32OS/c1-2-12-34-30-38(25-21-33(34)11-1)52-42-15-4-6-17-44(42)53(45-18-7-5-16-43(45)52)39-26-23-35-29-37(24-22-36(35)31-39)49-32-50-48-28-27-46-41-14-9-10-20-51(41)57-54(46)56(48)58-55(50)47-19-8-3-13-40(47)49/h1-32H. The summed E-state index contributed by atoms with van der Waals surface area (Å²) in [6, 6.07) is 71.6. The number of furan rings is 1. The van der Waals surface area contributed by atoms with Gasteiger partial charge in [0.05, 0.1) is 4.70 Å². The quantitative estimate of drug-likeness (QED) is 0.164. The molecule has 0 saturated carbocycles. The summed E-state index contributed by atoms with van der Waals surface area (Å²) in [5.41, 5.74) is 9.43. The van der Waals surface area contributed by atoms with E-state index >= 15 is 0 Å². The van der Waals surface area contributed by atoms with Gasteiger partial charge in [-0.15, -0.1) is 11.3 Å². The SMILES string of the molecule is c1ccc2cc(-c3c4ccccc4c(-c4ccc5cc(-c6cc7c8ccc9c%10ccccc%10oc9c8sc7c7ccccc67)ccc5c4)c4ccccc34)ccc2c1. The molecule has 0 fully saturated rings. The van der Waals surface area contributed by atoms with Gasteiger partial charge in [-0.2, -0.15) is 0 Å². The fourth-order valence-electron chi connectivity index (χ4n) is 9.74. The monoisotopic (exact) mass is 752 g/mol. The van der Waals surface area contributed by atoms with Crippen molar-refractivity contribution in [2.45, 2.75) is 0 Å². The molecule has 0 aliphatic rings. The summed E-state index contributed by atoms with van der Waals surface area (Å²) in [5.74, 6) is 0. The van der Waals surface area contributed by atoms with Gasteiger partial charge in [0.2, 0.25) is 0 Å². The molecule has 0 atom stereocenters. The van der Waals surface area contributed by atoms with E-state index in [1.807, 2.05) is 17.4 Å². The van der Waals surface area contributed by atoms with Crippen LogP contribution < -0.4 is 0 Å². The zero-order valence-corrected chi connectivity index (χ0v) is 32.1. The van der Waals surface area contributed by atoms with Crippen LogP contribution in [0.5, 0.6) is 0 Å². The lowest BCUT2D eigenvalue weighted by atomic mass is 9.85. The van der Waals surface area contributed by atoms with Crippen molar-refractivity contribution in [3.05, 3.63) is 194 Å². The molecule has 0 radical (unpaired) electrons. The molecule has 11 aromatic carbocycles. The molecule has 0 spiro atoms. The molecular weight excluding hydrogens is 721 g/mol. The van der Waals surface area contributed by atoms with Crippen LogP contribution in [0.15, 0.2) is 199 Å². The number of rotatable bonds is 3. The number of hydrogen-bond donors (Lipinski definition) is 0. The molecule has 0 N–H and O–H groups in total. The number of para-hydroxylation sites is 1.